The highest BCUT2D eigenvalue weighted by atomic mass is 16.4. The zero-order valence-electron chi connectivity index (χ0n) is 17.2. The first-order chi connectivity index (χ1) is 13.0. The molecular formula is C24H30O4. The Morgan fingerprint density at radius 3 is 1.11 bits per heavy atom. The summed E-state index contributed by atoms with van der Waals surface area (Å²) in [6.45, 7) is 9.04. The van der Waals surface area contributed by atoms with Crippen molar-refractivity contribution in [3.8, 4) is 0 Å². The number of hydrogen-bond donors (Lipinski definition) is 2. The molecule has 0 bridgehead atoms. The molecule has 0 amide bonds. The first-order valence-corrected chi connectivity index (χ1v) is 9.58. The van der Waals surface area contributed by atoms with Crippen LogP contribution in [-0.2, 0) is 35.3 Å². The van der Waals surface area contributed by atoms with Crippen LogP contribution in [-0.4, -0.2) is 22.2 Å². The third-order valence-electron chi connectivity index (χ3n) is 5.88. The minimum Gasteiger partial charge on any atom is -0.481 e. The maximum absolute atomic E-state index is 10.8. The molecule has 2 aromatic rings. The molecule has 0 atom stereocenters. The second kappa shape index (κ2) is 8.59. The summed E-state index contributed by atoms with van der Waals surface area (Å²) >= 11 is 0. The number of carbonyl (C=O) groups is 2. The van der Waals surface area contributed by atoms with Crippen LogP contribution in [0.25, 0.3) is 0 Å². The summed E-state index contributed by atoms with van der Waals surface area (Å²) in [5.74, 6) is -1.63. The Balaban J connectivity index is 2.07. The zero-order valence-corrected chi connectivity index (χ0v) is 17.2. The van der Waals surface area contributed by atoms with Gasteiger partial charge in [-0.25, -0.2) is 0 Å². The van der Waals surface area contributed by atoms with Gasteiger partial charge >= 0.3 is 11.9 Å². The summed E-state index contributed by atoms with van der Waals surface area (Å²) in [7, 11) is 0. The molecule has 0 aliphatic carbocycles. The van der Waals surface area contributed by atoms with Crippen LogP contribution in [0.4, 0.5) is 0 Å². The van der Waals surface area contributed by atoms with Crippen molar-refractivity contribution in [2.45, 2.75) is 53.4 Å². The maximum atomic E-state index is 10.8. The molecule has 0 spiro atoms. The molecule has 0 aliphatic rings. The van der Waals surface area contributed by atoms with Crippen LogP contribution in [0.2, 0.25) is 0 Å². The highest BCUT2D eigenvalue weighted by Gasteiger charge is 2.36. The molecule has 150 valence electrons. The van der Waals surface area contributed by atoms with Crippen LogP contribution in [0, 0.1) is 10.8 Å². The fraction of sp³-hybridized carbons (Fsp3) is 0.417. The van der Waals surface area contributed by atoms with Crippen LogP contribution in [0.3, 0.4) is 0 Å². The molecule has 4 heteroatoms. The largest absolute Gasteiger partial charge is 0.481 e. The lowest BCUT2D eigenvalue weighted by atomic mass is 9.62. The average Bonchev–Trinajstić information content (AvgIpc) is 2.57. The van der Waals surface area contributed by atoms with Crippen molar-refractivity contribution in [1.29, 1.82) is 0 Å². The lowest BCUT2D eigenvalue weighted by Gasteiger charge is -2.42. The maximum Gasteiger partial charge on any atom is 0.307 e. The fourth-order valence-electron chi connectivity index (χ4n) is 3.40. The first kappa shape index (κ1) is 21.7. The van der Waals surface area contributed by atoms with Gasteiger partial charge in [0.05, 0.1) is 12.8 Å². The van der Waals surface area contributed by atoms with E-state index in [4.69, 9.17) is 10.2 Å². The second-order valence-electron chi connectivity index (χ2n) is 8.90. The third kappa shape index (κ3) is 5.95. The third-order valence-corrected chi connectivity index (χ3v) is 5.88. The number of rotatable bonds is 9. The fourth-order valence-corrected chi connectivity index (χ4v) is 3.40. The van der Waals surface area contributed by atoms with Crippen molar-refractivity contribution in [2.75, 3.05) is 0 Å². The molecule has 0 fully saturated rings. The van der Waals surface area contributed by atoms with Crippen molar-refractivity contribution >= 4 is 11.9 Å². The summed E-state index contributed by atoms with van der Waals surface area (Å²) in [5, 5.41) is 17.8. The van der Waals surface area contributed by atoms with E-state index in [0.717, 1.165) is 24.0 Å². The van der Waals surface area contributed by atoms with E-state index in [1.165, 1.54) is 11.1 Å². The molecule has 2 rings (SSSR count). The Hall–Kier alpha value is -2.62. The van der Waals surface area contributed by atoms with Crippen LogP contribution in [0.15, 0.2) is 48.5 Å². The number of hydrogen-bond acceptors (Lipinski definition) is 2. The van der Waals surface area contributed by atoms with Gasteiger partial charge in [0.2, 0.25) is 0 Å². The van der Waals surface area contributed by atoms with E-state index < -0.39 is 11.9 Å². The zero-order chi connectivity index (χ0) is 20.9. The number of carboxylic acids is 2. The van der Waals surface area contributed by atoms with Gasteiger partial charge in [-0.05, 0) is 45.9 Å². The molecule has 28 heavy (non-hydrogen) atoms. The van der Waals surface area contributed by atoms with Crippen LogP contribution in [0.1, 0.15) is 49.9 Å². The van der Waals surface area contributed by atoms with E-state index in [1.54, 1.807) is 0 Å². The quantitative estimate of drug-likeness (QED) is 0.654. The Morgan fingerprint density at radius 2 is 0.857 bits per heavy atom. The van der Waals surface area contributed by atoms with Gasteiger partial charge in [-0.1, -0.05) is 76.2 Å². The smallest absolute Gasteiger partial charge is 0.307 e. The van der Waals surface area contributed by atoms with Gasteiger partial charge in [-0.3, -0.25) is 9.59 Å². The molecule has 0 saturated heterocycles. The molecule has 0 unspecified atom stereocenters. The summed E-state index contributed by atoms with van der Waals surface area (Å²) in [6.07, 6.45) is 1.88. The first-order valence-electron chi connectivity index (χ1n) is 9.58. The Morgan fingerprint density at radius 1 is 0.607 bits per heavy atom. The minimum atomic E-state index is -0.816. The number of benzene rings is 2. The molecule has 0 aliphatic heterocycles. The standard InChI is InChI=1S/C24H30O4/c1-23(2,15-19-9-5-17(6-10-19)13-21(25)26)24(3,4)16-20-11-7-18(8-12-20)14-22(27)28/h5-12H,13-16H2,1-4H3,(H,25,26)(H,27,28). The van der Waals surface area contributed by atoms with Crippen molar-refractivity contribution in [3.05, 3.63) is 70.8 Å². The van der Waals surface area contributed by atoms with Crippen LogP contribution >= 0.6 is 0 Å². The summed E-state index contributed by atoms with van der Waals surface area (Å²) < 4.78 is 0. The average molecular weight is 383 g/mol. The van der Waals surface area contributed by atoms with E-state index >= 15 is 0 Å². The SMILES string of the molecule is CC(C)(Cc1ccc(CC(=O)O)cc1)C(C)(C)Cc1ccc(CC(=O)O)cc1. The predicted octanol–water partition coefficient (Wildman–Crippen LogP) is 4.78. The predicted molar refractivity (Wildman–Crippen MR) is 111 cm³/mol. The molecule has 2 aromatic carbocycles. The van der Waals surface area contributed by atoms with Crippen molar-refractivity contribution in [1.82, 2.24) is 0 Å². The summed E-state index contributed by atoms with van der Waals surface area (Å²) in [6, 6.07) is 15.7. The molecule has 0 heterocycles. The lowest BCUT2D eigenvalue weighted by molar-refractivity contribution is -0.137. The highest BCUT2D eigenvalue weighted by molar-refractivity contribution is 5.70. The van der Waals surface area contributed by atoms with Crippen LogP contribution < -0.4 is 0 Å². The highest BCUT2D eigenvalue weighted by Crippen LogP contribution is 2.43. The van der Waals surface area contributed by atoms with E-state index in [0.29, 0.717) is 0 Å². The van der Waals surface area contributed by atoms with Gasteiger partial charge in [0.25, 0.3) is 0 Å². The summed E-state index contributed by atoms with van der Waals surface area (Å²) in [4.78, 5) is 21.7. The molecule has 0 saturated carbocycles. The second-order valence-corrected chi connectivity index (χ2v) is 8.90. The van der Waals surface area contributed by atoms with Gasteiger partial charge in [0, 0.05) is 0 Å². The van der Waals surface area contributed by atoms with Crippen molar-refractivity contribution in [2.24, 2.45) is 10.8 Å². The molecular weight excluding hydrogens is 352 g/mol. The van der Waals surface area contributed by atoms with E-state index in [9.17, 15) is 9.59 Å². The van der Waals surface area contributed by atoms with Gasteiger partial charge in [-0.15, -0.1) is 0 Å². The van der Waals surface area contributed by atoms with Crippen molar-refractivity contribution in [3.63, 3.8) is 0 Å². The summed E-state index contributed by atoms with van der Waals surface area (Å²) in [5.41, 5.74) is 4.06. The monoisotopic (exact) mass is 382 g/mol. The van der Waals surface area contributed by atoms with E-state index in [-0.39, 0.29) is 23.7 Å². The molecule has 0 aromatic heterocycles. The van der Waals surface area contributed by atoms with Crippen LogP contribution in [0.5, 0.6) is 0 Å². The minimum absolute atomic E-state index is 0.0149. The molecule has 4 nitrogen and oxygen atoms in total. The Kier molecular flexibility index (Phi) is 6.65. The van der Waals surface area contributed by atoms with Crippen molar-refractivity contribution < 1.29 is 19.8 Å². The van der Waals surface area contributed by atoms with Gasteiger partial charge in [0.1, 0.15) is 0 Å². The molecule has 2 N–H and O–H groups in total. The van der Waals surface area contributed by atoms with Gasteiger partial charge < -0.3 is 10.2 Å². The van der Waals surface area contributed by atoms with E-state index in [1.807, 2.05) is 48.5 Å². The molecule has 0 radical (unpaired) electrons. The Bertz CT molecular complexity index is 743. The number of aliphatic carboxylic acids is 2. The van der Waals surface area contributed by atoms with Gasteiger partial charge in [0.15, 0.2) is 0 Å². The number of carboxylic acid groups (broad SMARTS) is 2. The van der Waals surface area contributed by atoms with E-state index in [2.05, 4.69) is 27.7 Å². The van der Waals surface area contributed by atoms with Gasteiger partial charge in [-0.2, -0.15) is 0 Å². The Labute approximate surface area is 167 Å². The normalized spacial score (nSPS) is 12.0. The topological polar surface area (TPSA) is 74.6 Å². The lowest BCUT2D eigenvalue weighted by Crippen LogP contribution is -2.36.